The Hall–Kier alpha value is -2.61. The molecule has 3 N–H and O–H groups in total. The molecule has 0 saturated carbocycles. The van der Waals surface area contributed by atoms with Crippen LogP contribution in [0, 0.1) is 4.77 Å². The molecular formula is C14H15N3O4S. The first-order valence-electron chi connectivity index (χ1n) is 6.31. The number of hydrogen-bond donors (Lipinski definition) is 2. The van der Waals surface area contributed by atoms with Crippen LogP contribution in [0.15, 0.2) is 29.1 Å². The minimum atomic E-state index is -0.585. The second kappa shape index (κ2) is 6.44. The molecule has 116 valence electrons. The van der Waals surface area contributed by atoms with Gasteiger partial charge in [-0.1, -0.05) is 6.07 Å². The molecule has 0 radical (unpaired) electrons. The van der Waals surface area contributed by atoms with Crippen molar-refractivity contribution in [1.29, 1.82) is 0 Å². The van der Waals surface area contributed by atoms with Gasteiger partial charge in [0.15, 0.2) is 4.77 Å². The molecule has 22 heavy (non-hydrogen) atoms. The fourth-order valence-corrected chi connectivity index (χ4v) is 2.41. The molecule has 0 spiro atoms. The van der Waals surface area contributed by atoms with E-state index < -0.39 is 11.5 Å². The summed E-state index contributed by atoms with van der Waals surface area (Å²) in [6.45, 7) is -0.174. The Morgan fingerprint density at radius 1 is 1.32 bits per heavy atom. The number of rotatable bonds is 5. The van der Waals surface area contributed by atoms with Gasteiger partial charge in [-0.05, 0) is 24.4 Å². The fraction of sp³-hybridized carbons (Fsp3) is 0.214. The Bertz CT molecular complexity index is 803. The van der Waals surface area contributed by atoms with Crippen molar-refractivity contribution in [3.05, 3.63) is 39.4 Å². The Morgan fingerprint density at radius 3 is 2.41 bits per heavy atom. The van der Waals surface area contributed by atoms with Crippen molar-refractivity contribution < 1.29 is 14.3 Å². The molecule has 8 heteroatoms. The van der Waals surface area contributed by atoms with Crippen LogP contribution in [0.2, 0.25) is 0 Å². The van der Waals surface area contributed by atoms with Crippen molar-refractivity contribution >= 4 is 18.1 Å². The molecule has 0 saturated heterocycles. The molecule has 1 heterocycles. The molecule has 2 rings (SSSR count). The lowest BCUT2D eigenvalue weighted by Gasteiger charge is -2.17. The van der Waals surface area contributed by atoms with Gasteiger partial charge in [0.1, 0.15) is 18.0 Å². The quantitative estimate of drug-likeness (QED) is 0.803. The average molecular weight is 321 g/mol. The van der Waals surface area contributed by atoms with Crippen molar-refractivity contribution in [2.24, 2.45) is 5.73 Å². The lowest BCUT2D eigenvalue weighted by Crippen LogP contribution is -2.23. The van der Waals surface area contributed by atoms with Gasteiger partial charge in [0.25, 0.3) is 5.56 Å². The van der Waals surface area contributed by atoms with E-state index >= 15 is 0 Å². The normalized spacial score (nSPS) is 10.3. The predicted octanol–water partition coefficient (Wildman–Crippen LogP) is 1.08. The second-order valence-corrected chi connectivity index (χ2v) is 4.80. The molecular weight excluding hydrogens is 306 g/mol. The lowest BCUT2D eigenvalue weighted by molar-refractivity contribution is -0.118. The highest BCUT2D eigenvalue weighted by Crippen LogP contribution is 2.37. The summed E-state index contributed by atoms with van der Waals surface area (Å²) in [5.74, 6) is 0.383. The number of H-pyrrole nitrogens is 1. The van der Waals surface area contributed by atoms with E-state index in [2.05, 4.69) is 4.98 Å². The number of methoxy groups -OCH3 is 2. The molecule has 1 amide bonds. The predicted molar refractivity (Wildman–Crippen MR) is 83.6 cm³/mol. The van der Waals surface area contributed by atoms with Crippen molar-refractivity contribution in [2.75, 3.05) is 14.2 Å². The third-order valence-corrected chi connectivity index (χ3v) is 3.35. The van der Waals surface area contributed by atoms with Gasteiger partial charge in [-0.2, -0.15) is 0 Å². The molecule has 0 aliphatic carbocycles. The highest BCUT2D eigenvalue weighted by atomic mass is 32.1. The first kappa shape index (κ1) is 15.8. The summed E-state index contributed by atoms with van der Waals surface area (Å²) in [5.41, 5.74) is 5.77. The van der Waals surface area contributed by atoms with E-state index in [1.165, 1.54) is 24.9 Å². The number of primary amides is 1. The molecule has 7 nitrogen and oxygen atoms in total. The molecule has 0 aliphatic rings. The van der Waals surface area contributed by atoms with Gasteiger partial charge in [0, 0.05) is 6.07 Å². The maximum Gasteiger partial charge on any atom is 0.252 e. The van der Waals surface area contributed by atoms with E-state index in [0.29, 0.717) is 22.8 Å². The number of ether oxygens (including phenoxy) is 2. The average Bonchev–Trinajstić information content (AvgIpc) is 2.48. The summed E-state index contributed by atoms with van der Waals surface area (Å²) in [5, 5.41) is 0. The summed E-state index contributed by atoms with van der Waals surface area (Å²) in [4.78, 5) is 25.5. The molecule has 0 aliphatic heterocycles. The van der Waals surface area contributed by atoms with Crippen LogP contribution in [0.25, 0.3) is 11.3 Å². The van der Waals surface area contributed by atoms with E-state index in [9.17, 15) is 9.59 Å². The van der Waals surface area contributed by atoms with Crippen LogP contribution in [0.1, 0.15) is 0 Å². The number of hydrogen-bond acceptors (Lipinski definition) is 5. The van der Waals surface area contributed by atoms with Gasteiger partial charge in [0.05, 0.1) is 25.5 Å². The summed E-state index contributed by atoms with van der Waals surface area (Å²) < 4.78 is 12.2. The highest BCUT2D eigenvalue weighted by Gasteiger charge is 2.17. The first-order valence-corrected chi connectivity index (χ1v) is 6.72. The number of benzene rings is 1. The van der Waals surface area contributed by atoms with Crippen LogP contribution in [-0.4, -0.2) is 29.7 Å². The molecule has 1 aromatic heterocycles. The van der Waals surface area contributed by atoms with Gasteiger partial charge in [-0.15, -0.1) is 0 Å². The van der Waals surface area contributed by atoms with E-state index in [1.54, 1.807) is 18.2 Å². The number of carbonyl (C=O) groups excluding carboxylic acids is 1. The first-order chi connectivity index (χ1) is 10.5. The number of carbonyl (C=O) groups is 1. The SMILES string of the molecule is COc1cccc(OC)c1-c1cc(=O)[nH]c(=S)n1CC(N)=O. The Balaban J connectivity index is 2.85. The van der Waals surface area contributed by atoms with Crippen LogP contribution in [0.3, 0.4) is 0 Å². The number of amides is 1. The van der Waals surface area contributed by atoms with Gasteiger partial charge in [0.2, 0.25) is 5.91 Å². The van der Waals surface area contributed by atoms with Crippen molar-refractivity contribution in [1.82, 2.24) is 9.55 Å². The molecule has 0 bridgehead atoms. The smallest absolute Gasteiger partial charge is 0.252 e. The summed E-state index contributed by atoms with van der Waals surface area (Å²) in [6, 6.07) is 6.51. The zero-order valence-corrected chi connectivity index (χ0v) is 12.9. The third-order valence-electron chi connectivity index (χ3n) is 3.03. The monoisotopic (exact) mass is 321 g/mol. The number of nitrogens with two attached hydrogens (primary N) is 1. The molecule has 0 unspecified atom stereocenters. The van der Waals surface area contributed by atoms with Gasteiger partial charge >= 0.3 is 0 Å². The standard InChI is InChI=1S/C14H15N3O4S/c1-20-9-4-3-5-10(21-2)13(9)8-6-12(19)16-14(22)17(8)7-11(15)18/h3-6H,7H2,1-2H3,(H2,15,18)(H,16,19,22). The fourth-order valence-electron chi connectivity index (χ4n) is 2.14. The van der Waals surface area contributed by atoms with E-state index in [1.807, 2.05) is 0 Å². The largest absolute Gasteiger partial charge is 0.496 e. The van der Waals surface area contributed by atoms with Crippen LogP contribution < -0.4 is 20.8 Å². The Labute approximate surface area is 131 Å². The number of nitrogens with one attached hydrogen (secondary N) is 1. The maximum absolute atomic E-state index is 11.8. The molecule has 1 aromatic carbocycles. The third kappa shape index (κ3) is 3.01. The minimum Gasteiger partial charge on any atom is -0.496 e. The van der Waals surface area contributed by atoms with Crippen molar-refractivity contribution in [3.8, 4) is 22.8 Å². The topological polar surface area (TPSA) is 99.3 Å². The number of aromatic nitrogens is 2. The van der Waals surface area contributed by atoms with Crippen LogP contribution in [0.4, 0.5) is 0 Å². The number of nitrogens with zero attached hydrogens (tertiary/aromatic N) is 1. The Morgan fingerprint density at radius 2 is 1.91 bits per heavy atom. The highest BCUT2D eigenvalue weighted by molar-refractivity contribution is 7.71. The minimum absolute atomic E-state index is 0.0919. The van der Waals surface area contributed by atoms with Crippen molar-refractivity contribution in [2.45, 2.75) is 6.54 Å². The Kier molecular flexibility index (Phi) is 4.62. The summed E-state index contributed by atoms with van der Waals surface area (Å²) in [6.07, 6.45) is 0. The van der Waals surface area contributed by atoms with E-state index in [0.717, 1.165) is 0 Å². The lowest BCUT2D eigenvalue weighted by atomic mass is 10.1. The van der Waals surface area contributed by atoms with Crippen LogP contribution in [0.5, 0.6) is 11.5 Å². The van der Waals surface area contributed by atoms with Crippen LogP contribution in [-0.2, 0) is 11.3 Å². The summed E-state index contributed by atoms with van der Waals surface area (Å²) in [7, 11) is 3.00. The maximum atomic E-state index is 11.8. The zero-order chi connectivity index (χ0) is 16.3. The molecule has 0 atom stereocenters. The van der Waals surface area contributed by atoms with Crippen molar-refractivity contribution in [3.63, 3.8) is 0 Å². The van der Waals surface area contributed by atoms with Gasteiger partial charge in [-0.25, -0.2) is 0 Å². The zero-order valence-electron chi connectivity index (χ0n) is 12.1. The van der Waals surface area contributed by atoms with E-state index in [4.69, 9.17) is 27.4 Å². The number of aromatic amines is 1. The van der Waals surface area contributed by atoms with Gasteiger partial charge < -0.3 is 19.8 Å². The molecule has 2 aromatic rings. The van der Waals surface area contributed by atoms with E-state index in [-0.39, 0.29) is 11.3 Å². The van der Waals surface area contributed by atoms with Gasteiger partial charge in [-0.3, -0.25) is 14.6 Å². The second-order valence-electron chi connectivity index (χ2n) is 4.41. The molecule has 0 fully saturated rings. The van der Waals surface area contributed by atoms with Crippen LogP contribution >= 0.6 is 12.2 Å². The summed E-state index contributed by atoms with van der Waals surface area (Å²) >= 11 is 5.12.